The van der Waals surface area contributed by atoms with Gasteiger partial charge in [-0.3, -0.25) is 4.79 Å². The Bertz CT molecular complexity index is 693. The summed E-state index contributed by atoms with van der Waals surface area (Å²) in [5, 5.41) is 6.10. The summed E-state index contributed by atoms with van der Waals surface area (Å²) in [6.07, 6.45) is 4.51. The maximum absolute atomic E-state index is 12.9. The zero-order chi connectivity index (χ0) is 20.1. The largest absolute Gasteiger partial charge is 0.378 e. The van der Waals surface area contributed by atoms with Gasteiger partial charge in [0.15, 0.2) is 0 Å². The van der Waals surface area contributed by atoms with E-state index in [4.69, 9.17) is 4.74 Å². The number of para-hydroxylation sites is 1. The van der Waals surface area contributed by atoms with Crippen molar-refractivity contribution in [2.45, 2.75) is 52.5 Å². The molecule has 0 radical (unpaired) electrons. The molecule has 0 aromatic heterocycles. The summed E-state index contributed by atoms with van der Waals surface area (Å²) in [7, 11) is 0. The molecule has 3 rings (SSSR count). The topological polar surface area (TPSA) is 70.7 Å². The summed E-state index contributed by atoms with van der Waals surface area (Å²) in [6.45, 7) is 8.99. The fourth-order valence-corrected chi connectivity index (χ4v) is 4.38. The van der Waals surface area contributed by atoms with Gasteiger partial charge < -0.3 is 20.3 Å². The van der Waals surface area contributed by atoms with E-state index < -0.39 is 0 Å². The molecule has 1 aliphatic heterocycles. The standard InChI is InChI=1S/C22H33N3O3/c1-22(2,3)17-9-5-7-11-19(17)24-21(27)23-18-10-6-4-8-16(18)20(26)25-12-14-28-15-13-25/h4,6,8,10,17,19H,5,7,9,11-15H2,1-3H3,(H2,23,24,27)/t17-,19+/m1/s1. The Balaban J connectivity index is 1.68. The Hall–Kier alpha value is -2.08. The smallest absolute Gasteiger partial charge is 0.319 e. The van der Waals surface area contributed by atoms with Crippen LogP contribution in [-0.4, -0.2) is 49.2 Å². The summed E-state index contributed by atoms with van der Waals surface area (Å²) >= 11 is 0. The van der Waals surface area contributed by atoms with Crippen molar-refractivity contribution >= 4 is 17.6 Å². The average Bonchev–Trinajstić information content (AvgIpc) is 2.68. The molecule has 3 amide bonds. The molecule has 0 unspecified atom stereocenters. The fourth-order valence-electron chi connectivity index (χ4n) is 4.38. The van der Waals surface area contributed by atoms with Gasteiger partial charge in [0.05, 0.1) is 24.5 Å². The van der Waals surface area contributed by atoms with E-state index in [-0.39, 0.29) is 23.4 Å². The van der Waals surface area contributed by atoms with E-state index in [0.29, 0.717) is 43.5 Å². The zero-order valence-electron chi connectivity index (χ0n) is 17.3. The Morgan fingerprint density at radius 1 is 1.07 bits per heavy atom. The second-order valence-corrected chi connectivity index (χ2v) is 8.91. The number of carbonyl (C=O) groups is 2. The van der Waals surface area contributed by atoms with Crippen LogP contribution in [0, 0.1) is 11.3 Å². The van der Waals surface area contributed by atoms with Gasteiger partial charge in [-0.1, -0.05) is 45.7 Å². The highest BCUT2D eigenvalue weighted by Crippen LogP contribution is 2.38. The number of carbonyl (C=O) groups excluding carboxylic acids is 2. The average molecular weight is 388 g/mol. The quantitative estimate of drug-likeness (QED) is 0.827. The summed E-state index contributed by atoms with van der Waals surface area (Å²) in [5.74, 6) is 0.390. The lowest BCUT2D eigenvalue weighted by Gasteiger charge is -2.40. The molecule has 2 fully saturated rings. The molecule has 2 N–H and O–H groups in total. The van der Waals surface area contributed by atoms with Gasteiger partial charge in [0, 0.05) is 19.1 Å². The molecule has 1 saturated carbocycles. The molecule has 1 aliphatic carbocycles. The number of nitrogens with zero attached hydrogens (tertiary/aromatic N) is 1. The number of hydrogen-bond donors (Lipinski definition) is 2. The summed E-state index contributed by atoms with van der Waals surface area (Å²) in [5.41, 5.74) is 1.23. The first-order valence-corrected chi connectivity index (χ1v) is 10.4. The van der Waals surface area contributed by atoms with Crippen molar-refractivity contribution in [2.24, 2.45) is 11.3 Å². The molecule has 0 spiro atoms. The molecular weight excluding hydrogens is 354 g/mol. The van der Waals surface area contributed by atoms with Crippen molar-refractivity contribution in [2.75, 3.05) is 31.6 Å². The molecule has 28 heavy (non-hydrogen) atoms. The van der Waals surface area contributed by atoms with Crippen molar-refractivity contribution in [3.63, 3.8) is 0 Å². The van der Waals surface area contributed by atoms with Crippen LogP contribution in [0.1, 0.15) is 56.8 Å². The van der Waals surface area contributed by atoms with E-state index in [0.717, 1.165) is 19.3 Å². The van der Waals surface area contributed by atoms with Crippen LogP contribution in [0.25, 0.3) is 0 Å². The summed E-state index contributed by atoms with van der Waals surface area (Å²) in [6, 6.07) is 7.15. The van der Waals surface area contributed by atoms with Crippen LogP contribution >= 0.6 is 0 Å². The first-order chi connectivity index (χ1) is 13.4. The molecular formula is C22H33N3O3. The first-order valence-electron chi connectivity index (χ1n) is 10.4. The molecule has 1 aromatic carbocycles. The van der Waals surface area contributed by atoms with Crippen molar-refractivity contribution < 1.29 is 14.3 Å². The third-order valence-corrected chi connectivity index (χ3v) is 5.90. The number of amides is 3. The van der Waals surface area contributed by atoms with Gasteiger partial charge in [-0.25, -0.2) is 4.79 Å². The number of nitrogens with one attached hydrogen (secondary N) is 2. The molecule has 1 heterocycles. The predicted molar refractivity (Wildman–Crippen MR) is 111 cm³/mol. The first kappa shape index (κ1) is 20.6. The van der Waals surface area contributed by atoms with Crippen LogP contribution in [-0.2, 0) is 4.74 Å². The van der Waals surface area contributed by atoms with Gasteiger partial charge in [-0.05, 0) is 36.3 Å². The van der Waals surface area contributed by atoms with E-state index in [2.05, 4.69) is 31.4 Å². The van der Waals surface area contributed by atoms with Crippen molar-refractivity contribution in [3.8, 4) is 0 Å². The van der Waals surface area contributed by atoms with Crippen molar-refractivity contribution in [3.05, 3.63) is 29.8 Å². The number of urea groups is 1. The van der Waals surface area contributed by atoms with Crippen LogP contribution in [0.5, 0.6) is 0 Å². The minimum Gasteiger partial charge on any atom is -0.378 e. The van der Waals surface area contributed by atoms with Gasteiger partial charge in [-0.15, -0.1) is 0 Å². The molecule has 1 saturated heterocycles. The van der Waals surface area contributed by atoms with Gasteiger partial charge in [0.25, 0.3) is 5.91 Å². The maximum atomic E-state index is 12.9. The fraction of sp³-hybridized carbons (Fsp3) is 0.636. The van der Waals surface area contributed by atoms with Crippen LogP contribution in [0.4, 0.5) is 10.5 Å². The zero-order valence-corrected chi connectivity index (χ0v) is 17.3. The normalized spacial score (nSPS) is 23.2. The Kier molecular flexibility index (Phi) is 6.60. The number of rotatable bonds is 3. The molecule has 154 valence electrons. The Labute approximate surface area is 168 Å². The molecule has 1 aromatic rings. The molecule has 6 heteroatoms. The van der Waals surface area contributed by atoms with E-state index in [1.807, 2.05) is 12.1 Å². The third kappa shape index (κ3) is 5.04. The molecule has 2 atom stereocenters. The highest BCUT2D eigenvalue weighted by molar-refractivity contribution is 6.03. The lowest BCUT2D eigenvalue weighted by Crippen LogP contribution is -2.48. The van der Waals surface area contributed by atoms with Gasteiger partial charge in [0.2, 0.25) is 0 Å². The van der Waals surface area contributed by atoms with Crippen molar-refractivity contribution in [1.29, 1.82) is 0 Å². The maximum Gasteiger partial charge on any atom is 0.319 e. The van der Waals surface area contributed by atoms with Gasteiger partial charge in [-0.2, -0.15) is 0 Å². The number of benzene rings is 1. The van der Waals surface area contributed by atoms with Crippen LogP contribution in [0.3, 0.4) is 0 Å². The third-order valence-electron chi connectivity index (χ3n) is 5.90. The van der Waals surface area contributed by atoms with Gasteiger partial charge in [0.1, 0.15) is 0 Å². The monoisotopic (exact) mass is 387 g/mol. The molecule has 2 aliphatic rings. The lowest BCUT2D eigenvalue weighted by molar-refractivity contribution is 0.0303. The number of anilines is 1. The molecule has 6 nitrogen and oxygen atoms in total. The minimum absolute atomic E-state index is 0.0653. The number of morpholine rings is 1. The second kappa shape index (κ2) is 8.95. The predicted octanol–water partition coefficient (Wildman–Crippen LogP) is 3.89. The van der Waals surface area contributed by atoms with E-state index in [1.54, 1.807) is 17.0 Å². The Morgan fingerprint density at radius 2 is 1.75 bits per heavy atom. The summed E-state index contributed by atoms with van der Waals surface area (Å²) < 4.78 is 5.33. The second-order valence-electron chi connectivity index (χ2n) is 8.91. The highest BCUT2D eigenvalue weighted by atomic mass is 16.5. The van der Waals surface area contributed by atoms with Crippen molar-refractivity contribution in [1.82, 2.24) is 10.2 Å². The van der Waals surface area contributed by atoms with E-state index in [1.165, 1.54) is 6.42 Å². The Morgan fingerprint density at radius 3 is 2.46 bits per heavy atom. The molecule has 0 bridgehead atoms. The van der Waals surface area contributed by atoms with Crippen LogP contribution in [0.2, 0.25) is 0 Å². The van der Waals surface area contributed by atoms with Crippen LogP contribution < -0.4 is 10.6 Å². The number of hydrogen-bond acceptors (Lipinski definition) is 3. The van der Waals surface area contributed by atoms with Crippen LogP contribution in [0.15, 0.2) is 24.3 Å². The lowest BCUT2D eigenvalue weighted by atomic mass is 9.69. The van der Waals surface area contributed by atoms with E-state index >= 15 is 0 Å². The minimum atomic E-state index is -0.233. The summed E-state index contributed by atoms with van der Waals surface area (Å²) in [4.78, 5) is 27.4. The number of ether oxygens (including phenoxy) is 1. The van der Waals surface area contributed by atoms with Gasteiger partial charge >= 0.3 is 6.03 Å². The SMILES string of the molecule is CC(C)(C)[C@@H]1CCCC[C@@H]1NC(=O)Nc1ccccc1C(=O)N1CCOCC1. The van der Waals surface area contributed by atoms with E-state index in [9.17, 15) is 9.59 Å². The highest BCUT2D eigenvalue weighted by Gasteiger charge is 2.35.